The summed E-state index contributed by atoms with van der Waals surface area (Å²) in [4.78, 5) is 18.0. The summed E-state index contributed by atoms with van der Waals surface area (Å²) in [6, 6.07) is 0. The van der Waals surface area contributed by atoms with E-state index >= 15 is 0 Å². The lowest BCUT2D eigenvalue weighted by Gasteiger charge is -2.37. The van der Waals surface area contributed by atoms with Gasteiger partial charge in [0.25, 0.3) is 0 Å². The van der Waals surface area contributed by atoms with Gasteiger partial charge in [-0.1, -0.05) is 0 Å². The second-order valence-corrected chi connectivity index (χ2v) is 11.1. The molecule has 0 radical (unpaired) electrons. The van der Waals surface area contributed by atoms with Crippen LogP contribution in [-0.4, -0.2) is 95.0 Å². The first-order valence-electron chi connectivity index (χ1n) is 12.7. The average Bonchev–Trinajstić information content (AvgIpc) is 3.63. The number of hydrogen-bond acceptors (Lipinski definition) is 13. The Bertz CT molecular complexity index is 1400. The van der Waals surface area contributed by atoms with Gasteiger partial charge in [-0.05, 0) is 26.2 Å². The van der Waals surface area contributed by atoms with Crippen LogP contribution >= 0.6 is 0 Å². The topological polar surface area (TPSA) is 169 Å². The highest BCUT2D eigenvalue weighted by molar-refractivity contribution is 7.93. The Kier molecular flexibility index (Phi) is 8.22. The smallest absolute Gasteiger partial charge is 0.245 e. The van der Waals surface area contributed by atoms with Crippen molar-refractivity contribution in [2.24, 2.45) is 0 Å². The van der Waals surface area contributed by atoms with Gasteiger partial charge >= 0.3 is 0 Å². The third-order valence-corrected chi connectivity index (χ3v) is 8.30. The summed E-state index contributed by atoms with van der Waals surface area (Å²) in [5.41, 5.74) is 0.220. The van der Waals surface area contributed by atoms with Crippen LogP contribution in [0, 0.1) is 5.82 Å². The Labute approximate surface area is 230 Å². The lowest BCUT2D eigenvalue weighted by atomic mass is 10.1. The standard InChI is InChI=1S/C23H30FN9O6S/c1-4-38-15-8-16(12-32(11-15)22-25-9-14(24)10-26-22)40(34,35)31-23-30-29-19(17-6-5-7-39-17)33(23)18-20(36-2)27-13-28-21(18)37-3/h9-10,13,15-17H,4-8,11-12H2,1-3H3,(H,30,31)/t15-,16+,17-/m0/s1. The van der Waals surface area contributed by atoms with E-state index in [9.17, 15) is 12.8 Å². The number of ether oxygens (including phenoxy) is 4. The molecule has 40 heavy (non-hydrogen) atoms. The van der Waals surface area contributed by atoms with E-state index in [0.29, 0.717) is 32.0 Å². The lowest BCUT2D eigenvalue weighted by Crippen LogP contribution is -2.51. The number of anilines is 2. The summed E-state index contributed by atoms with van der Waals surface area (Å²) in [7, 11) is -1.26. The quantitative estimate of drug-likeness (QED) is 0.365. The molecule has 2 aliphatic rings. The Morgan fingerprint density at radius 1 is 1.10 bits per heavy atom. The molecule has 5 heterocycles. The monoisotopic (exact) mass is 579 g/mol. The molecule has 3 atom stereocenters. The number of hydrogen-bond donors (Lipinski definition) is 1. The van der Waals surface area contributed by atoms with Crippen molar-refractivity contribution in [3.63, 3.8) is 0 Å². The van der Waals surface area contributed by atoms with Crippen molar-refractivity contribution in [3.05, 3.63) is 30.4 Å². The highest BCUT2D eigenvalue weighted by Gasteiger charge is 2.39. The second kappa shape index (κ2) is 11.8. The van der Waals surface area contributed by atoms with Gasteiger partial charge in [0.1, 0.15) is 17.7 Å². The van der Waals surface area contributed by atoms with E-state index in [2.05, 4.69) is 34.9 Å². The Morgan fingerprint density at radius 2 is 1.82 bits per heavy atom. The molecule has 0 spiro atoms. The van der Waals surface area contributed by atoms with Gasteiger partial charge in [-0.2, -0.15) is 9.97 Å². The number of rotatable bonds is 10. The van der Waals surface area contributed by atoms with Crippen LogP contribution in [0.3, 0.4) is 0 Å². The van der Waals surface area contributed by atoms with Crippen LogP contribution in [0.25, 0.3) is 5.69 Å². The van der Waals surface area contributed by atoms with Crippen LogP contribution in [0.15, 0.2) is 18.7 Å². The summed E-state index contributed by atoms with van der Waals surface area (Å²) in [5.74, 6) is 0.0923. The Balaban J connectivity index is 1.52. The van der Waals surface area contributed by atoms with Gasteiger partial charge in [-0.15, -0.1) is 10.2 Å². The molecule has 0 aromatic carbocycles. The van der Waals surface area contributed by atoms with Crippen LogP contribution in [0.4, 0.5) is 16.3 Å². The molecule has 2 saturated heterocycles. The zero-order chi connectivity index (χ0) is 28.3. The first kappa shape index (κ1) is 27.9. The highest BCUT2D eigenvalue weighted by atomic mass is 32.2. The number of nitrogens with zero attached hydrogens (tertiary/aromatic N) is 8. The molecule has 3 aromatic rings. The van der Waals surface area contributed by atoms with Crippen molar-refractivity contribution < 1.29 is 31.8 Å². The third kappa shape index (κ3) is 5.62. The van der Waals surface area contributed by atoms with E-state index in [-0.39, 0.29) is 42.3 Å². The highest BCUT2D eigenvalue weighted by Crippen LogP contribution is 2.37. The molecule has 17 heteroatoms. The summed E-state index contributed by atoms with van der Waals surface area (Å²) in [5, 5.41) is 7.49. The largest absolute Gasteiger partial charge is 0.479 e. The normalized spacial score (nSPS) is 21.4. The SMILES string of the molecule is CCO[C@H]1C[C@@H](S(=O)(=O)Nc2nnc([C@@H]3CCCO3)n2-c2c(OC)ncnc2OC)CN(c2ncc(F)cn2)C1. The number of methoxy groups -OCH3 is 2. The van der Waals surface area contributed by atoms with E-state index < -0.39 is 33.3 Å². The molecular formula is C23H30FN9O6S. The summed E-state index contributed by atoms with van der Waals surface area (Å²) < 4.78 is 67.7. The molecule has 2 aliphatic heterocycles. The maximum absolute atomic E-state index is 13.9. The maximum atomic E-state index is 13.9. The van der Waals surface area contributed by atoms with E-state index in [1.807, 2.05) is 6.92 Å². The molecule has 2 fully saturated rings. The van der Waals surface area contributed by atoms with E-state index in [1.165, 1.54) is 25.1 Å². The Hall–Kier alpha value is -3.70. The molecule has 0 aliphatic carbocycles. The molecule has 3 aromatic heterocycles. The van der Waals surface area contributed by atoms with Crippen molar-refractivity contribution in [1.29, 1.82) is 0 Å². The molecule has 5 rings (SSSR count). The van der Waals surface area contributed by atoms with E-state index in [4.69, 9.17) is 18.9 Å². The third-order valence-electron chi connectivity index (χ3n) is 6.61. The van der Waals surface area contributed by atoms with Crippen LogP contribution < -0.4 is 19.1 Å². The van der Waals surface area contributed by atoms with Crippen LogP contribution in [0.2, 0.25) is 0 Å². The van der Waals surface area contributed by atoms with Gasteiger partial charge in [0.05, 0.1) is 32.7 Å². The zero-order valence-electron chi connectivity index (χ0n) is 22.2. The number of piperidine rings is 1. The zero-order valence-corrected chi connectivity index (χ0v) is 23.0. The van der Waals surface area contributed by atoms with Gasteiger partial charge < -0.3 is 23.8 Å². The fraction of sp³-hybridized carbons (Fsp3) is 0.565. The number of sulfonamides is 1. The molecule has 0 amide bonds. The lowest BCUT2D eigenvalue weighted by molar-refractivity contribution is 0.0531. The molecular weight excluding hydrogens is 549 g/mol. The molecule has 216 valence electrons. The fourth-order valence-corrected chi connectivity index (χ4v) is 6.24. The first-order chi connectivity index (χ1) is 19.3. The van der Waals surface area contributed by atoms with Crippen LogP contribution in [0.1, 0.15) is 38.1 Å². The minimum absolute atomic E-state index is 0.0400. The van der Waals surface area contributed by atoms with Crippen molar-refractivity contribution in [2.75, 3.05) is 50.1 Å². The number of aromatic nitrogens is 7. The molecule has 0 saturated carbocycles. The maximum Gasteiger partial charge on any atom is 0.245 e. The van der Waals surface area contributed by atoms with Crippen molar-refractivity contribution >= 4 is 21.9 Å². The molecule has 0 bridgehead atoms. The predicted molar refractivity (Wildman–Crippen MR) is 139 cm³/mol. The Morgan fingerprint density at radius 3 is 2.45 bits per heavy atom. The number of nitrogens with one attached hydrogen (secondary N) is 1. The van der Waals surface area contributed by atoms with Gasteiger partial charge in [-0.25, -0.2) is 22.8 Å². The van der Waals surface area contributed by atoms with Crippen LogP contribution in [0.5, 0.6) is 11.8 Å². The van der Waals surface area contributed by atoms with Crippen molar-refractivity contribution in [2.45, 2.75) is 43.6 Å². The fourth-order valence-electron chi connectivity index (χ4n) is 4.84. The minimum Gasteiger partial charge on any atom is -0.479 e. The number of halogens is 1. The molecule has 1 N–H and O–H groups in total. The summed E-state index contributed by atoms with van der Waals surface area (Å²) >= 11 is 0. The second-order valence-electron chi connectivity index (χ2n) is 9.15. The van der Waals surface area contributed by atoms with Gasteiger partial charge in [0.15, 0.2) is 17.3 Å². The summed E-state index contributed by atoms with van der Waals surface area (Å²) in [6.45, 7) is 3.13. The van der Waals surface area contributed by atoms with Crippen molar-refractivity contribution in [3.8, 4) is 17.4 Å². The van der Waals surface area contributed by atoms with E-state index in [1.54, 1.807) is 4.90 Å². The minimum atomic E-state index is -4.10. The first-order valence-corrected chi connectivity index (χ1v) is 14.2. The van der Waals surface area contributed by atoms with Crippen LogP contribution in [-0.2, 0) is 19.5 Å². The van der Waals surface area contributed by atoms with Gasteiger partial charge in [0, 0.05) is 26.3 Å². The average molecular weight is 580 g/mol. The molecule has 15 nitrogen and oxygen atoms in total. The summed E-state index contributed by atoms with van der Waals surface area (Å²) in [6.07, 6.45) is 4.13. The van der Waals surface area contributed by atoms with Crippen molar-refractivity contribution in [1.82, 2.24) is 34.7 Å². The molecule has 0 unspecified atom stereocenters. The van der Waals surface area contributed by atoms with Gasteiger partial charge in [-0.3, -0.25) is 9.29 Å². The van der Waals surface area contributed by atoms with Gasteiger partial charge in [0.2, 0.25) is 33.7 Å². The van der Waals surface area contributed by atoms with E-state index in [0.717, 1.165) is 18.8 Å². The predicted octanol–water partition coefficient (Wildman–Crippen LogP) is 1.28.